The van der Waals surface area contributed by atoms with Gasteiger partial charge >= 0.3 is 0 Å². The van der Waals surface area contributed by atoms with E-state index >= 15 is 0 Å². The smallest absolute Gasteiger partial charge is 0.261 e. The van der Waals surface area contributed by atoms with Gasteiger partial charge in [0.1, 0.15) is 10.8 Å². The van der Waals surface area contributed by atoms with Gasteiger partial charge in [-0.05, 0) is 36.4 Å². The maximum Gasteiger partial charge on any atom is 0.261 e. The summed E-state index contributed by atoms with van der Waals surface area (Å²) in [6.07, 6.45) is 0. The third-order valence-electron chi connectivity index (χ3n) is 2.59. The molecule has 0 heterocycles. The Morgan fingerprint density at radius 1 is 1.24 bits per heavy atom. The van der Waals surface area contributed by atoms with Gasteiger partial charge in [-0.1, -0.05) is 29.9 Å². The first-order chi connectivity index (χ1) is 9.79. The molecule has 0 aliphatic carbocycles. The molecule has 2 aromatic rings. The van der Waals surface area contributed by atoms with Crippen molar-refractivity contribution in [3.63, 3.8) is 0 Å². The summed E-state index contributed by atoms with van der Waals surface area (Å²) in [5, 5.41) is 0.129. The van der Waals surface area contributed by atoms with Crippen LogP contribution in [0.3, 0.4) is 0 Å². The lowest BCUT2D eigenvalue weighted by molar-refractivity contribution is 0.601. The summed E-state index contributed by atoms with van der Waals surface area (Å²) in [5.41, 5.74) is 5.96. The van der Waals surface area contributed by atoms with E-state index in [2.05, 4.69) is 4.72 Å². The van der Waals surface area contributed by atoms with Crippen molar-refractivity contribution in [2.75, 3.05) is 4.72 Å². The molecule has 8 heteroatoms. The van der Waals surface area contributed by atoms with Crippen molar-refractivity contribution in [1.82, 2.24) is 0 Å². The summed E-state index contributed by atoms with van der Waals surface area (Å²) in [6, 6.07) is 9.10. The lowest BCUT2D eigenvalue weighted by Gasteiger charge is -2.10. The van der Waals surface area contributed by atoms with Crippen molar-refractivity contribution >= 4 is 44.5 Å². The van der Waals surface area contributed by atoms with Gasteiger partial charge in [0, 0.05) is 5.56 Å². The molecule has 0 spiro atoms. The van der Waals surface area contributed by atoms with Crippen molar-refractivity contribution in [3.8, 4) is 0 Å². The fraction of sp³-hybridized carbons (Fsp3) is 0. The van der Waals surface area contributed by atoms with Crippen LogP contribution in [0.5, 0.6) is 0 Å². The molecular formula is C13H10ClFN2O2S2. The number of nitrogens with one attached hydrogen (secondary N) is 1. The predicted octanol–water partition coefficient (Wildman–Crippen LogP) is 2.91. The molecule has 110 valence electrons. The second-order valence-electron chi connectivity index (χ2n) is 4.12. The van der Waals surface area contributed by atoms with Crippen LogP contribution in [0.25, 0.3) is 0 Å². The van der Waals surface area contributed by atoms with E-state index in [9.17, 15) is 12.8 Å². The topological polar surface area (TPSA) is 72.2 Å². The minimum atomic E-state index is -3.88. The van der Waals surface area contributed by atoms with E-state index in [1.54, 1.807) is 0 Å². The minimum absolute atomic E-state index is 0.0713. The van der Waals surface area contributed by atoms with Crippen molar-refractivity contribution < 1.29 is 12.8 Å². The van der Waals surface area contributed by atoms with Crippen LogP contribution < -0.4 is 10.5 Å². The maximum absolute atomic E-state index is 13.1. The zero-order valence-corrected chi connectivity index (χ0v) is 12.9. The van der Waals surface area contributed by atoms with E-state index in [1.165, 1.54) is 36.4 Å². The number of hydrogen-bond donors (Lipinski definition) is 2. The number of sulfonamides is 1. The third kappa shape index (κ3) is 3.69. The van der Waals surface area contributed by atoms with Gasteiger partial charge in [-0.3, -0.25) is 4.72 Å². The molecule has 0 aliphatic heterocycles. The maximum atomic E-state index is 13.1. The molecule has 4 nitrogen and oxygen atoms in total. The summed E-state index contributed by atoms with van der Waals surface area (Å²) in [7, 11) is -3.88. The highest BCUT2D eigenvalue weighted by Gasteiger charge is 2.16. The number of thiocarbonyl (C=S) groups is 1. The molecular weight excluding hydrogens is 335 g/mol. The van der Waals surface area contributed by atoms with Crippen LogP contribution in [-0.2, 0) is 10.0 Å². The molecule has 0 bridgehead atoms. The molecule has 0 atom stereocenters. The molecule has 0 saturated heterocycles. The summed E-state index contributed by atoms with van der Waals surface area (Å²) in [6.45, 7) is 0. The van der Waals surface area contributed by atoms with Gasteiger partial charge < -0.3 is 5.73 Å². The quantitative estimate of drug-likeness (QED) is 0.836. The molecule has 0 amide bonds. The summed E-state index contributed by atoms with van der Waals surface area (Å²) in [5.74, 6) is -0.544. The van der Waals surface area contributed by atoms with E-state index in [1.807, 2.05) is 0 Å². The Kier molecular flexibility index (Phi) is 4.46. The zero-order chi connectivity index (χ0) is 15.6. The third-order valence-corrected chi connectivity index (χ3v) is 4.50. The highest BCUT2D eigenvalue weighted by atomic mass is 35.5. The fourth-order valence-corrected chi connectivity index (χ4v) is 3.29. The van der Waals surface area contributed by atoms with Gasteiger partial charge in [0.15, 0.2) is 0 Å². The Hall–Kier alpha value is -1.70. The number of anilines is 1. The predicted molar refractivity (Wildman–Crippen MR) is 84.5 cm³/mol. The Morgan fingerprint density at radius 3 is 2.52 bits per heavy atom. The Morgan fingerprint density at radius 2 is 1.95 bits per heavy atom. The number of nitrogens with two attached hydrogens (primary N) is 1. The van der Waals surface area contributed by atoms with Crippen LogP contribution in [0, 0.1) is 5.82 Å². The highest BCUT2D eigenvalue weighted by Crippen LogP contribution is 2.23. The molecule has 0 unspecified atom stereocenters. The Labute approximate surface area is 131 Å². The van der Waals surface area contributed by atoms with Crippen molar-refractivity contribution in [2.45, 2.75) is 4.90 Å². The molecule has 0 saturated carbocycles. The second kappa shape index (κ2) is 5.97. The van der Waals surface area contributed by atoms with Gasteiger partial charge in [-0.2, -0.15) is 0 Å². The van der Waals surface area contributed by atoms with Gasteiger partial charge in [-0.25, -0.2) is 12.8 Å². The van der Waals surface area contributed by atoms with Crippen LogP contribution in [0.1, 0.15) is 5.56 Å². The number of rotatable bonds is 4. The molecule has 2 rings (SSSR count). The summed E-state index contributed by atoms with van der Waals surface area (Å²) < 4.78 is 39.7. The first kappa shape index (κ1) is 15.7. The largest absolute Gasteiger partial charge is 0.389 e. The molecule has 0 radical (unpaired) electrons. The van der Waals surface area contributed by atoms with E-state index in [4.69, 9.17) is 29.6 Å². The van der Waals surface area contributed by atoms with Crippen LogP contribution in [0.4, 0.5) is 10.1 Å². The van der Waals surface area contributed by atoms with Gasteiger partial charge in [0.25, 0.3) is 10.0 Å². The van der Waals surface area contributed by atoms with Crippen LogP contribution >= 0.6 is 23.8 Å². The molecule has 3 N–H and O–H groups in total. The molecule has 0 aliphatic rings. The van der Waals surface area contributed by atoms with Crippen molar-refractivity contribution in [3.05, 3.63) is 58.9 Å². The fourth-order valence-electron chi connectivity index (χ4n) is 1.63. The molecule has 0 fully saturated rings. The lowest BCUT2D eigenvalue weighted by atomic mass is 10.2. The number of halogens is 2. The van der Waals surface area contributed by atoms with Crippen LogP contribution in [0.2, 0.25) is 5.02 Å². The van der Waals surface area contributed by atoms with E-state index in [-0.39, 0.29) is 20.6 Å². The molecule has 0 aromatic heterocycles. The second-order valence-corrected chi connectivity index (χ2v) is 6.65. The monoisotopic (exact) mass is 344 g/mol. The lowest BCUT2D eigenvalue weighted by Crippen LogP contribution is -2.15. The first-order valence-electron chi connectivity index (χ1n) is 5.67. The minimum Gasteiger partial charge on any atom is -0.389 e. The van der Waals surface area contributed by atoms with Gasteiger partial charge in [-0.15, -0.1) is 0 Å². The number of benzene rings is 2. The Bertz CT molecular complexity index is 810. The van der Waals surface area contributed by atoms with Crippen LogP contribution in [0.15, 0.2) is 47.4 Å². The number of hydrogen-bond acceptors (Lipinski definition) is 3. The normalized spacial score (nSPS) is 11.1. The summed E-state index contributed by atoms with van der Waals surface area (Å²) in [4.78, 5) is -0.00111. The van der Waals surface area contributed by atoms with E-state index < -0.39 is 15.8 Å². The molecule has 2 aromatic carbocycles. The zero-order valence-electron chi connectivity index (χ0n) is 10.5. The average molecular weight is 345 g/mol. The standard InChI is InChI=1S/C13H10ClFN2O2S2/c14-12-7-10(4-5-11(12)13(16)20)21(18,19)17-9-3-1-2-8(15)6-9/h1-7,17H,(H2,16,20). The van der Waals surface area contributed by atoms with Crippen LogP contribution in [-0.4, -0.2) is 13.4 Å². The average Bonchev–Trinajstić information content (AvgIpc) is 2.37. The molecule has 21 heavy (non-hydrogen) atoms. The van der Waals surface area contributed by atoms with E-state index in [0.717, 1.165) is 6.07 Å². The van der Waals surface area contributed by atoms with E-state index in [0.29, 0.717) is 5.56 Å². The Balaban J connectivity index is 2.36. The summed E-state index contributed by atoms with van der Waals surface area (Å²) >= 11 is 10.7. The van der Waals surface area contributed by atoms with Gasteiger partial charge in [0.2, 0.25) is 0 Å². The first-order valence-corrected chi connectivity index (χ1v) is 7.94. The van der Waals surface area contributed by atoms with Crippen molar-refractivity contribution in [2.24, 2.45) is 5.73 Å². The van der Waals surface area contributed by atoms with Crippen molar-refractivity contribution in [1.29, 1.82) is 0 Å². The SMILES string of the molecule is NC(=S)c1ccc(S(=O)(=O)Nc2cccc(F)c2)cc1Cl. The van der Waals surface area contributed by atoms with Gasteiger partial charge in [0.05, 0.1) is 15.6 Å². The highest BCUT2D eigenvalue weighted by molar-refractivity contribution is 7.92.